The molecule has 0 radical (unpaired) electrons. The number of hydrogen-bond donors (Lipinski definition) is 2. The van der Waals surface area contributed by atoms with Crippen LogP contribution >= 0.6 is 0 Å². The van der Waals surface area contributed by atoms with Crippen LogP contribution < -0.4 is 10.6 Å². The highest BCUT2D eigenvalue weighted by Crippen LogP contribution is 2.15. The van der Waals surface area contributed by atoms with Gasteiger partial charge in [-0.2, -0.15) is 0 Å². The van der Waals surface area contributed by atoms with Crippen LogP contribution in [0.1, 0.15) is 16.2 Å². The summed E-state index contributed by atoms with van der Waals surface area (Å²) in [6, 6.07) is 14.0. The number of carbonyl (C=O) groups excluding carboxylic acids is 2. The third-order valence-corrected chi connectivity index (χ3v) is 3.33. The van der Waals surface area contributed by atoms with Crippen LogP contribution in [0.15, 0.2) is 59.0 Å². The van der Waals surface area contributed by atoms with Gasteiger partial charge in [0.2, 0.25) is 11.8 Å². The number of anilines is 1. The number of oxazole rings is 1. The van der Waals surface area contributed by atoms with Crippen molar-refractivity contribution in [2.24, 2.45) is 0 Å². The van der Waals surface area contributed by atoms with Crippen molar-refractivity contribution in [1.29, 1.82) is 0 Å². The van der Waals surface area contributed by atoms with Gasteiger partial charge in [-0.15, -0.1) is 0 Å². The van der Waals surface area contributed by atoms with E-state index in [2.05, 4.69) is 15.6 Å². The molecule has 0 aliphatic carbocycles. The van der Waals surface area contributed by atoms with Crippen molar-refractivity contribution >= 4 is 34.7 Å². The van der Waals surface area contributed by atoms with Gasteiger partial charge in [-0.3, -0.25) is 9.59 Å². The van der Waals surface area contributed by atoms with Crippen LogP contribution in [-0.4, -0.2) is 23.8 Å². The molecule has 2 aromatic carbocycles. The van der Waals surface area contributed by atoms with Crippen LogP contribution in [0.4, 0.5) is 5.69 Å². The Balaban J connectivity index is 1.65. The number of carbonyl (C=O) groups is 2. The lowest BCUT2D eigenvalue weighted by molar-refractivity contribution is -0.111. The number of rotatable bonds is 4. The molecule has 3 rings (SSSR count). The highest BCUT2D eigenvalue weighted by Gasteiger charge is 2.05. The molecule has 0 bridgehead atoms. The minimum absolute atomic E-state index is 0.177. The van der Waals surface area contributed by atoms with E-state index in [4.69, 9.17) is 4.42 Å². The van der Waals surface area contributed by atoms with Gasteiger partial charge in [0.15, 0.2) is 5.58 Å². The minimum Gasteiger partial charge on any atom is -0.437 e. The maximum Gasteiger partial charge on any atom is 0.251 e. The smallest absolute Gasteiger partial charge is 0.251 e. The number of hydrogen-bond acceptors (Lipinski definition) is 4. The molecule has 0 fully saturated rings. The fourth-order valence-corrected chi connectivity index (χ4v) is 2.14. The molecule has 1 aromatic heterocycles. The number of nitrogens with zero attached hydrogens (tertiary/aromatic N) is 1. The third kappa shape index (κ3) is 3.49. The molecule has 0 spiro atoms. The molecule has 0 aliphatic heterocycles. The molecule has 0 unspecified atom stereocenters. The van der Waals surface area contributed by atoms with Gasteiger partial charge in [0.05, 0.1) is 0 Å². The number of nitrogens with one attached hydrogen (secondary N) is 2. The van der Waals surface area contributed by atoms with Crippen LogP contribution in [0.5, 0.6) is 0 Å². The summed E-state index contributed by atoms with van der Waals surface area (Å²) in [6.45, 7) is 0. The second-order valence-corrected chi connectivity index (χ2v) is 5.00. The second-order valence-electron chi connectivity index (χ2n) is 5.00. The van der Waals surface area contributed by atoms with Crippen LogP contribution in [0.25, 0.3) is 17.2 Å². The van der Waals surface area contributed by atoms with Crippen molar-refractivity contribution in [2.45, 2.75) is 0 Å². The van der Waals surface area contributed by atoms with E-state index >= 15 is 0 Å². The standard InChI is InChI=1S/C18H15N3O3/c1-19-18(23)12-6-8-13(9-7-12)20-16(22)10-11-17-21-14-4-2-3-5-15(14)24-17/h2-11H,1H3,(H,19,23)(H,20,22)/b11-10+. The Bertz CT molecular complexity index is 878. The largest absolute Gasteiger partial charge is 0.437 e. The Morgan fingerprint density at radius 3 is 2.54 bits per heavy atom. The first-order valence-corrected chi connectivity index (χ1v) is 7.32. The molecule has 120 valence electrons. The first-order chi connectivity index (χ1) is 11.7. The summed E-state index contributed by atoms with van der Waals surface area (Å²) in [6.07, 6.45) is 2.85. The van der Waals surface area contributed by atoms with E-state index in [9.17, 15) is 9.59 Å². The summed E-state index contributed by atoms with van der Waals surface area (Å²) >= 11 is 0. The van der Waals surface area contributed by atoms with Gasteiger partial charge < -0.3 is 15.1 Å². The number of aromatic nitrogens is 1. The summed E-state index contributed by atoms with van der Waals surface area (Å²) in [7, 11) is 1.56. The SMILES string of the molecule is CNC(=O)c1ccc(NC(=O)/C=C/c2nc3ccccc3o2)cc1. The van der Waals surface area contributed by atoms with E-state index in [1.807, 2.05) is 24.3 Å². The number of amides is 2. The summed E-state index contributed by atoms with van der Waals surface area (Å²) in [4.78, 5) is 27.6. The highest BCUT2D eigenvalue weighted by atomic mass is 16.3. The van der Waals surface area contributed by atoms with Crippen molar-refractivity contribution in [3.05, 3.63) is 66.1 Å². The minimum atomic E-state index is -0.315. The first kappa shape index (κ1) is 15.5. The van der Waals surface area contributed by atoms with Crippen LogP contribution in [0.2, 0.25) is 0 Å². The molecular formula is C18H15N3O3. The Hall–Kier alpha value is -3.41. The average molecular weight is 321 g/mol. The van der Waals surface area contributed by atoms with E-state index in [1.54, 1.807) is 31.3 Å². The monoisotopic (exact) mass is 321 g/mol. The zero-order valence-corrected chi connectivity index (χ0v) is 12.9. The van der Waals surface area contributed by atoms with Crippen LogP contribution in [-0.2, 0) is 4.79 Å². The molecule has 1 heterocycles. The Kier molecular flexibility index (Phi) is 4.38. The fraction of sp³-hybridized carbons (Fsp3) is 0.0556. The number of fused-ring (bicyclic) bond motifs is 1. The average Bonchev–Trinajstić information content (AvgIpc) is 3.03. The molecule has 3 aromatic rings. The summed E-state index contributed by atoms with van der Waals surface area (Å²) in [5.41, 5.74) is 2.53. The van der Waals surface area contributed by atoms with Gasteiger partial charge in [0.25, 0.3) is 5.91 Å². The Labute approximate surface area is 138 Å². The van der Waals surface area contributed by atoms with Crippen molar-refractivity contribution in [3.8, 4) is 0 Å². The third-order valence-electron chi connectivity index (χ3n) is 3.33. The molecule has 0 saturated carbocycles. The molecule has 2 amide bonds. The number of benzene rings is 2. The van der Waals surface area contributed by atoms with Crippen molar-refractivity contribution in [1.82, 2.24) is 10.3 Å². The van der Waals surface area contributed by atoms with Crippen molar-refractivity contribution < 1.29 is 14.0 Å². The molecule has 2 N–H and O–H groups in total. The van der Waals surface area contributed by atoms with Gasteiger partial charge in [-0.05, 0) is 36.4 Å². The molecular weight excluding hydrogens is 306 g/mol. The maximum absolute atomic E-state index is 11.9. The quantitative estimate of drug-likeness (QED) is 0.724. The fourth-order valence-electron chi connectivity index (χ4n) is 2.14. The van der Waals surface area contributed by atoms with E-state index in [1.165, 1.54) is 12.2 Å². The van der Waals surface area contributed by atoms with E-state index in [0.29, 0.717) is 22.7 Å². The van der Waals surface area contributed by atoms with E-state index in [-0.39, 0.29) is 11.8 Å². The molecule has 6 heteroatoms. The number of para-hydroxylation sites is 2. The summed E-state index contributed by atoms with van der Waals surface area (Å²) in [5.74, 6) is -0.130. The zero-order valence-electron chi connectivity index (χ0n) is 12.9. The van der Waals surface area contributed by atoms with Crippen molar-refractivity contribution in [3.63, 3.8) is 0 Å². The van der Waals surface area contributed by atoms with Crippen molar-refractivity contribution in [2.75, 3.05) is 12.4 Å². The lowest BCUT2D eigenvalue weighted by atomic mass is 10.2. The molecule has 0 atom stereocenters. The molecule has 0 saturated heterocycles. The molecule has 6 nitrogen and oxygen atoms in total. The Morgan fingerprint density at radius 1 is 1.08 bits per heavy atom. The van der Waals surface area contributed by atoms with Crippen LogP contribution in [0, 0.1) is 0 Å². The zero-order chi connectivity index (χ0) is 16.9. The lowest BCUT2D eigenvalue weighted by Gasteiger charge is -2.03. The molecule has 24 heavy (non-hydrogen) atoms. The van der Waals surface area contributed by atoms with Gasteiger partial charge in [-0.1, -0.05) is 12.1 Å². The van der Waals surface area contributed by atoms with E-state index < -0.39 is 0 Å². The van der Waals surface area contributed by atoms with E-state index in [0.717, 1.165) is 5.52 Å². The summed E-state index contributed by atoms with van der Waals surface area (Å²) in [5, 5.41) is 5.24. The molecule has 0 aliphatic rings. The topological polar surface area (TPSA) is 84.2 Å². The van der Waals surface area contributed by atoms with Gasteiger partial charge in [0.1, 0.15) is 5.52 Å². The maximum atomic E-state index is 11.9. The first-order valence-electron chi connectivity index (χ1n) is 7.32. The predicted octanol–water partition coefficient (Wildman–Crippen LogP) is 2.84. The van der Waals surface area contributed by atoms with Gasteiger partial charge in [-0.25, -0.2) is 4.98 Å². The second kappa shape index (κ2) is 6.78. The van der Waals surface area contributed by atoms with Gasteiger partial charge >= 0.3 is 0 Å². The predicted molar refractivity (Wildman–Crippen MR) is 91.5 cm³/mol. The Morgan fingerprint density at radius 2 is 1.83 bits per heavy atom. The highest BCUT2D eigenvalue weighted by molar-refractivity contribution is 6.02. The van der Waals surface area contributed by atoms with Gasteiger partial charge in [0, 0.05) is 30.5 Å². The van der Waals surface area contributed by atoms with Crippen LogP contribution in [0.3, 0.4) is 0 Å². The lowest BCUT2D eigenvalue weighted by Crippen LogP contribution is -2.17. The normalized spacial score (nSPS) is 10.9. The summed E-state index contributed by atoms with van der Waals surface area (Å²) < 4.78 is 5.50.